The maximum absolute atomic E-state index is 10.6. The highest BCUT2D eigenvalue weighted by molar-refractivity contribution is 7.15. The maximum atomic E-state index is 10.6. The molecule has 0 aromatic carbocycles. The Morgan fingerprint density at radius 3 is 1.94 bits per heavy atom. The van der Waals surface area contributed by atoms with E-state index in [1.807, 2.05) is 27.4 Å². The standard InChI is InChI=1S/C7H7NO.C5H10.C2H6.CH5P/c1-6(9)7-3-2-4-8-5-7;1-4-5(2)3;2*1-2/h2-5H,1H3;2,4H2,1,3H3;1-2H3;2H2,1H3. The second-order valence-corrected chi connectivity index (χ2v) is 3.11. The molecular formula is C15H28NOP. The molecule has 0 N–H and O–H groups in total. The number of pyridine rings is 1. The van der Waals surface area contributed by atoms with Gasteiger partial charge in [0.05, 0.1) is 0 Å². The van der Waals surface area contributed by atoms with E-state index in [1.54, 1.807) is 24.5 Å². The summed E-state index contributed by atoms with van der Waals surface area (Å²) in [4.78, 5) is 14.4. The lowest BCUT2D eigenvalue weighted by Gasteiger charge is -1.88. The van der Waals surface area contributed by atoms with E-state index in [4.69, 9.17) is 0 Å². The molecule has 2 nitrogen and oxygen atoms in total. The molecule has 1 aromatic rings. The van der Waals surface area contributed by atoms with Gasteiger partial charge >= 0.3 is 0 Å². The van der Waals surface area contributed by atoms with Crippen molar-refractivity contribution in [1.29, 1.82) is 0 Å². The van der Waals surface area contributed by atoms with Gasteiger partial charge in [0, 0.05) is 18.0 Å². The van der Waals surface area contributed by atoms with Gasteiger partial charge in [-0.3, -0.25) is 9.78 Å². The summed E-state index contributed by atoms with van der Waals surface area (Å²) < 4.78 is 0. The average molecular weight is 269 g/mol. The van der Waals surface area contributed by atoms with Crippen molar-refractivity contribution < 1.29 is 4.79 Å². The van der Waals surface area contributed by atoms with Crippen LogP contribution in [-0.4, -0.2) is 17.4 Å². The van der Waals surface area contributed by atoms with Gasteiger partial charge in [0.25, 0.3) is 0 Å². The first-order valence-electron chi connectivity index (χ1n) is 6.21. The zero-order chi connectivity index (χ0) is 15.0. The summed E-state index contributed by atoms with van der Waals surface area (Å²) in [6, 6.07) is 3.49. The zero-order valence-corrected chi connectivity index (χ0v) is 13.8. The first kappa shape index (κ1) is 22.2. The van der Waals surface area contributed by atoms with Crippen molar-refractivity contribution >= 4 is 15.0 Å². The van der Waals surface area contributed by atoms with Crippen LogP contribution in [0.15, 0.2) is 36.7 Å². The van der Waals surface area contributed by atoms with E-state index >= 15 is 0 Å². The fourth-order valence-electron chi connectivity index (χ4n) is 0.571. The Bertz CT molecular complexity index is 297. The van der Waals surface area contributed by atoms with Crippen LogP contribution in [0.2, 0.25) is 0 Å². The van der Waals surface area contributed by atoms with Gasteiger partial charge in [-0.15, -0.1) is 15.8 Å². The normalized spacial score (nSPS) is 7.28. The number of nitrogens with zero attached hydrogens (tertiary/aromatic N) is 1. The molecule has 0 saturated heterocycles. The molecule has 3 heteroatoms. The molecule has 0 bridgehead atoms. The Morgan fingerprint density at radius 1 is 1.33 bits per heavy atom. The highest BCUT2D eigenvalue weighted by atomic mass is 31.0. The van der Waals surface area contributed by atoms with Crippen molar-refractivity contribution in [2.45, 2.75) is 41.0 Å². The fourth-order valence-corrected chi connectivity index (χ4v) is 0.571. The monoisotopic (exact) mass is 269 g/mol. The minimum atomic E-state index is 0.0584. The number of ketones is 1. The number of rotatable bonds is 2. The van der Waals surface area contributed by atoms with E-state index in [0.29, 0.717) is 5.56 Å². The minimum Gasteiger partial charge on any atom is -0.294 e. The Morgan fingerprint density at radius 2 is 1.78 bits per heavy atom. The van der Waals surface area contributed by atoms with Gasteiger partial charge in [-0.1, -0.05) is 33.0 Å². The van der Waals surface area contributed by atoms with Crippen LogP contribution in [-0.2, 0) is 0 Å². The highest BCUT2D eigenvalue weighted by Crippen LogP contribution is 1.94. The quantitative estimate of drug-likeness (QED) is 0.439. The summed E-state index contributed by atoms with van der Waals surface area (Å²) >= 11 is 0. The van der Waals surface area contributed by atoms with E-state index in [1.165, 1.54) is 12.5 Å². The Labute approximate surface area is 115 Å². The lowest BCUT2D eigenvalue weighted by molar-refractivity contribution is 0.101. The second-order valence-electron chi connectivity index (χ2n) is 3.11. The molecule has 1 heterocycles. The van der Waals surface area contributed by atoms with E-state index in [9.17, 15) is 4.79 Å². The van der Waals surface area contributed by atoms with Crippen molar-refractivity contribution in [3.05, 3.63) is 42.2 Å². The average Bonchev–Trinajstić information content (AvgIpc) is 2.44. The summed E-state index contributed by atoms with van der Waals surface area (Å²) in [5.74, 6) is 0.0584. The molecule has 0 fully saturated rings. The van der Waals surface area contributed by atoms with E-state index in [2.05, 4.69) is 27.7 Å². The first-order chi connectivity index (χ1) is 8.57. The topological polar surface area (TPSA) is 30.0 Å². The van der Waals surface area contributed by atoms with Crippen LogP contribution in [0.25, 0.3) is 0 Å². The van der Waals surface area contributed by atoms with Crippen molar-refractivity contribution in [3.8, 4) is 0 Å². The van der Waals surface area contributed by atoms with Gasteiger partial charge < -0.3 is 0 Å². The van der Waals surface area contributed by atoms with Gasteiger partial charge in [-0.05, 0) is 32.4 Å². The molecule has 0 aliphatic rings. The summed E-state index contributed by atoms with van der Waals surface area (Å²) in [5.41, 5.74) is 1.92. The van der Waals surface area contributed by atoms with Crippen molar-refractivity contribution in [3.63, 3.8) is 0 Å². The fraction of sp³-hybridized carbons (Fsp3) is 0.467. The number of aromatic nitrogens is 1. The van der Waals surface area contributed by atoms with E-state index < -0.39 is 0 Å². The molecule has 1 rings (SSSR count). The predicted octanol–water partition coefficient (Wildman–Crippen LogP) is 4.77. The van der Waals surface area contributed by atoms with E-state index in [0.717, 1.165) is 6.42 Å². The minimum absolute atomic E-state index is 0.0584. The van der Waals surface area contributed by atoms with Gasteiger partial charge in [0.2, 0.25) is 0 Å². The van der Waals surface area contributed by atoms with Crippen LogP contribution in [0.4, 0.5) is 0 Å². The third-order valence-electron chi connectivity index (χ3n) is 1.67. The largest absolute Gasteiger partial charge is 0.294 e. The number of allylic oxidation sites excluding steroid dienone is 1. The third-order valence-corrected chi connectivity index (χ3v) is 1.67. The van der Waals surface area contributed by atoms with Crippen LogP contribution >= 0.6 is 9.24 Å². The number of carbonyl (C=O) groups is 1. The van der Waals surface area contributed by atoms with Crippen LogP contribution in [0.3, 0.4) is 0 Å². The van der Waals surface area contributed by atoms with Gasteiger partial charge in [0.15, 0.2) is 5.78 Å². The van der Waals surface area contributed by atoms with Crippen molar-refractivity contribution in [2.75, 3.05) is 6.66 Å². The Kier molecular flexibility index (Phi) is 22.6. The molecule has 18 heavy (non-hydrogen) atoms. The SMILES string of the molecule is C=C(C)CC.CC.CC(=O)c1cccnc1.CP. The second kappa shape index (κ2) is 18.4. The number of carbonyl (C=O) groups excluding carboxylic acids is 1. The van der Waals surface area contributed by atoms with Crippen molar-refractivity contribution in [2.24, 2.45) is 0 Å². The predicted molar refractivity (Wildman–Crippen MR) is 86.3 cm³/mol. The maximum Gasteiger partial charge on any atom is 0.161 e. The number of Topliss-reactive ketones (excluding diaryl/α,β-unsaturated/α-hetero) is 1. The molecule has 1 unspecified atom stereocenters. The molecule has 0 aliphatic heterocycles. The van der Waals surface area contributed by atoms with Crippen LogP contribution < -0.4 is 0 Å². The molecule has 0 radical (unpaired) electrons. The lowest BCUT2D eigenvalue weighted by Crippen LogP contribution is -1.90. The third kappa shape index (κ3) is 17.4. The van der Waals surface area contributed by atoms with Gasteiger partial charge in [-0.25, -0.2) is 0 Å². The van der Waals surface area contributed by atoms with Gasteiger partial charge in [0.1, 0.15) is 0 Å². The smallest absolute Gasteiger partial charge is 0.161 e. The molecular weight excluding hydrogens is 241 g/mol. The molecule has 0 spiro atoms. The van der Waals surface area contributed by atoms with Gasteiger partial charge in [-0.2, -0.15) is 0 Å². The molecule has 104 valence electrons. The molecule has 1 atom stereocenters. The number of hydrogen-bond donors (Lipinski definition) is 0. The summed E-state index contributed by atoms with van der Waals surface area (Å²) in [5, 5.41) is 0. The van der Waals surface area contributed by atoms with E-state index in [-0.39, 0.29) is 5.78 Å². The van der Waals surface area contributed by atoms with Crippen LogP contribution in [0, 0.1) is 0 Å². The Hall–Kier alpha value is -1.01. The summed E-state index contributed by atoms with van der Waals surface area (Å²) in [6.07, 6.45) is 4.31. The number of hydrogen-bond acceptors (Lipinski definition) is 2. The molecule has 0 saturated carbocycles. The zero-order valence-electron chi connectivity index (χ0n) is 12.7. The first-order valence-corrected chi connectivity index (χ1v) is 7.36. The highest BCUT2D eigenvalue weighted by Gasteiger charge is 1.93. The van der Waals surface area contributed by atoms with Crippen LogP contribution in [0.1, 0.15) is 51.4 Å². The van der Waals surface area contributed by atoms with Crippen molar-refractivity contribution in [1.82, 2.24) is 4.98 Å². The summed E-state index contributed by atoms with van der Waals surface area (Å²) in [6.45, 7) is 15.2. The Balaban J connectivity index is -0.000000215. The summed E-state index contributed by atoms with van der Waals surface area (Å²) in [7, 11) is 2.42. The molecule has 0 amide bonds. The molecule has 1 aromatic heterocycles. The van der Waals surface area contributed by atoms with Crippen LogP contribution in [0.5, 0.6) is 0 Å². The lowest BCUT2D eigenvalue weighted by atomic mass is 10.2. The molecule has 0 aliphatic carbocycles.